The predicted octanol–water partition coefficient (Wildman–Crippen LogP) is 5.48. The van der Waals surface area contributed by atoms with Crippen molar-refractivity contribution in [3.63, 3.8) is 0 Å². The Morgan fingerprint density at radius 1 is 0.840 bits per heavy atom. The van der Waals surface area contributed by atoms with Crippen LogP contribution in [0.1, 0.15) is 81.4 Å². The van der Waals surface area contributed by atoms with E-state index in [0.717, 1.165) is 27.4 Å². The lowest BCUT2D eigenvalue weighted by atomic mass is 9.82. The van der Waals surface area contributed by atoms with Gasteiger partial charge in [0.15, 0.2) is 5.13 Å². The highest BCUT2D eigenvalue weighted by Crippen LogP contribution is 2.39. The van der Waals surface area contributed by atoms with Crippen LogP contribution in [0.2, 0.25) is 0 Å². The second-order valence-corrected chi connectivity index (χ2v) is 14.7. The van der Waals surface area contributed by atoms with E-state index in [2.05, 4.69) is 31.6 Å². The van der Waals surface area contributed by atoms with Gasteiger partial charge < -0.3 is 31.5 Å². The third-order valence-corrected chi connectivity index (χ3v) is 8.67. The van der Waals surface area contributed by atoms with Crippen LogP contribution in [-0.4, -0.2) is 67.9 Å². The molecule has 50 heavy (non-hydrogen) atoms. The molecule has 2 aromatic carbocycles. The van der Waals surface area contributed by atoms with E-state index in [1.807, 2.05) is 42.5 Å². The number of aromatic nitrogens is 1. The lowest BCUT2D eigenvalue weighted by Crippen LogP contribution is -2.76. The van der Waals surface area contributed by atoms with E-state index in [9.17, 15) is 34.2 Å². The van der Waals surface area contributed by atoms with Crippen molar-refractivity contribution in [3.05, 3.63) is 76.3 Å². The van der Waals surface area contributed by atoms with E-state index in [4.69, 9.17) is 0 Å². The smallest absolute Gasteiger partial charge is 0.411 e. The number of thiazole rings is 1. The molecule has 14 nitrogen and oxygen atoms in total. The number of carbonyl (C=O) groups is 5. The fourth-order valence-corrected chi connectivity index (χ4v) is 6.30. The van der Waals surface area contributed by atoms with Gasteiger partial charge in [-0.25, -0.2) is 14.6 Å². The number of rotatable bonds is 14. The van der Waals surface area contributed by atoms with Crippen LogP contribution in [0.15, 0.2) is 54.6 Å². The fraction of sp³-hybridized carbons (Fsp3) is 0.429. The van der Waals surface area contributed by atoms with Gasteiger partial charge in [0.05, 0.1) is 5.69 Å². The number of aryl methyl sites for hydroxylation is 2. The minimum absolute atomic E-state index is 0.0874. The standard InChI is InChI=1S/C35H47N7O7S/c1-22(43)38-30-39-26(28(50-30)29(45)36-20-19-27(44)37-21-24-11-9-8-10-12-24)18-15-23-13-16-25(17-14-23)40-35(33(2,3)4,41-31(46)47)42(32(48)49)34(5,6)7/h8-14,16-17,40-41H,15,18-21H2,1-7H3,(H,36,45)(H,37,44)(H,46,47)(H,48,49)(H,38,39,43). The molecule has 0 fully saturated rings. The number of carboxylic acid groups (broad SMARTS) is 2. The molecule has 0 spiro atoms. The highest BCUT2D eigenvalue weighted by molar-refractivity contribution is 7.17. The van der Waals surface area contributed by atoms with E-state index in [1.54, 1.807) is 53.7 Å². The minimum Gasteiger partial charge on any atom is -0.465 e. The summed E-state index contributed by atoms with van der Waals surface area (Å²) in [6, 6.07) is 16.6. The Morgan fingerprint density at radius 3 is 2.02 bits per heavy atom. The van der Waals surface area contributed by atoms with Gasteiger partial charge in [-0.1, -0.05) is 74.6 Å². The average Bonchev–Trinajstić information content (AvgIpc) is 3.40. The van der Waals surface area contributed by atoms with Crippen molar-refractivity contribution in [1.82, 2.24) is 25.8 Å². The quantitative estimate of drug-likeness (QED) is 0.106. The van der Waals surface area contributed by atoms with Crippen LogP contribution in [0.5, 0.6) is 0 Å². The zero-order valence-corrected chi connectivity index (χ0v) is 30.3. The van der Waals surface area contributed by atoms with Crippen molar-refractivity contribution >= 4 is 52.1 Å². The maximum atomic E-state index is 13.2. The Bertz CT molecular complexity index is 1660. The maximum Gasteiger partial charge on any atom is 0.411 e. The largest absolute Gasteiger partial charge is 0.465 e. The number of anilines is 2. The van der Waals surface area contributed by atoms with Gasteiger partial charge in [-0.15, -0.1) is 0 Å². The molecule has 1 aromatic heterocycles. The van der Waals surface area contributed by atoms with Gasteiger partial charge >= 0.3 is 12.2 Å². The number of carbonyl (C=O) groups excluding carboxylic acids is 3. The average molecular weight is 710 g/mol. The summed E-state index contributed by atoms with van der Waals surface area (Å²) in [6.07, 6.45) is -1.80. The molecule has 0 aliphatic carbocycles. The molecular weight excluding hydrogens is 662 g/mol. The van der Waals surface area contributed by atoms with E-state index in [-0.39, 0.29) is 29.9 Å². The SMILES string of the molecule is CC(=O)Nc1nc(CCc2ccc(NC(NC(=O)O)(N(C(=O)O)C(C)(C)C)C(C)(C)C)cc2)c(C(=O)NCCC(=O)NCc2ccccc2)s1. The van der Waals surface area contributed by atoms with Gasteiger partial charge in [-0.3, -0.25) is 24.6 Å². The predicted molar refractivity (Wildman–Crippen MR) is 192 cm³/mol. The summed E-state index contributed by atoms with van der Waals surface area (Å²) in [5.74, 6) is -2.69. The molecule has 1 atom stereocenters. The van der Waals surface area contributed by atoms with Crippen molar-refractivity contribution in [2.75, 3.05) is 17.2 Å². The molecule has 0 radical (unpaired) electrons. The van der Waals surface area contributed by atoms with E-state index in [1.165, 1.54) is 6.92 Å². The van der Waals surface area contributed by atoms with Crippen LogP contribution in [0.4, 0.5) is 20.4 Å². The number of hydrogen-bond donors (Lipinski definition) is 7. The van der Waals surface area contributed by atoms with E-state index < -0.39 is 34.8 Å². The van der Waals surface area contributed by atoms with E-state index in [0.29, 0.717) is 35.6 Å². The fourth-order valence-electron chi connectivity index (χ4n) is 5.33. The highest BCUT2D eigenvalue weighted by Gasteiger charge is 2.54. The molecule has 5 amide bonds. The Balaban J connectivity index is 1.74. The first-order valence-electron chi connectivity index (χ1n) is 16.1. The van der Waals surface area contributed by atoms with Crippen molar-refractivity contribution in [2.45, 2.75) is 85.6 Å². The molecule has 15 heteroatoms. The van der Waals surface area contributed by atoms with Crippen LogP contribution >= 0.6 is 11.3 Å². The molecule has 7 N–H and O–H groups in total. The third kappa shape index (κ3) is 10.7. The Hall–Kier alpha value is -5.18. The van der Waals surface area contributed by atoms with Crippen LogP contribution in [0, 0.1) is 5.41 Å². The van der Waals surface area contributed by atoms with Gasteiger partial charge in [-0.05, 0) is 56.9 Å². The van der Waals surface area contributed by atoms with Crippen LogP contribution < -0.4 is 26.6 Å². The van der Waals surface area contributed by atoms with Crippen LogP contribution in [0.3, 0.4) is 0 Å². The zero-order chi connectivity index (χ0) is 37.3. The summed E-state index contributed by atoms with van der Waals surface area (Å²) in [5.41, 5.74) is 0.846. The van der Waals surface area contributed by atoms with E-state index >= 15 is 0 Å². The molecule has 0 saturated carbocycles. The molecule has 3 aromatic rings. The highest BCUT2D eigenvalue weighted by atomic mass is 32.1. The number of nitrogens with one attached hydrogen (secondary N) is 5. The first-order chi connectivity index (χ1) is 23.3. The molecule has 0 saturated heterocycles. The van der Waals surface area contributed by atoms with Crippen LogP contribution in [0.25, 0.3) is 0 Å². The topological polar surface area (TPSA) is 202 Å². The first kappa shape index (κ1) is 39.3. The molecule has 0 bridgehead atoms. The lowest BCUT2D eigenvalue weighted by Gasteiger charge is -2.55. The van der Waals surface area contributed by atoms with Crippen molar-refractivity contribution < 1.29 is 34.2 Å². The van der Waals surface area contributed by atoms with Gasteiger partial charge in [0.2, 0.25) is 17.6 Å². The first-order valence-corrected chi connectivity index (χ1v) is 16.9. The summed E-state index contributed by atoms with van der Waals surface area (Å²) >= 11 is 1.05. The zero-order valence-electron chi connectivity index (χ0n) is 29.5. The molecule has 0 aliphatic heterocycles. The summed E-state index contributed by atoms with van der Waals surface area (Å²) < 4.78 is 0. The normalized spacial score (nSPS) is 12.6. The molecule has 1 unspecified atom stereocenters. The Kier molecular flexibility index (Phi) is 12.9. The minimum atomic E-state index is -1.75. The van der Waals surface area contributed by atoms with Crippen molar-refractivity contribution in [2.24, 2.45) is 5.41 Å². The van der Waals surface area contributed by atoms with Crippen LogP contribution in [-0.2, 0) is 29.0 Å². The number of amides is 5. The maximum absolute atomic E-state index is 13.2. The summed E-state index contributed by atoms with van der Waals surface area (Å²) in [5, 5.41) is 34.2. The molecule has 3 rings (SSSR count). The summed E-state index contributed by atoms with van der Waals surface area (Å²) in [7, 11) is 0. The molecule has 0 aliphatic rings. The second kappa shape index (κ2) is 16.5. The summed E-state index contributed by atoms with van der Waals surface area (Å²) in [6.45, 7) is 12.1. The second-order valence-electron chi connectivity index (χ2n) is 13.7. The van der Waals surface area contributed by atoms with Crippen molar-refractivity contribution in [1.29, 1.82) is 0 Å². The molecule has 270 valence electrons. The lowest BCUT2D eigenvalue weighted by molar-refractivity contribution is -0.121. The Labute approximate surface area is 296 Å². The molecule has 1 heterocycles. The van der Waals surface area contributed by atoms with Gasteiger partial charge in [0.1, 0.15) is 4.88 Å². The van der Waals surface area contributed by atoms with Crippen molar-refractivity contribution in [3.8, 4) is 0 Å². The third-order valence-electron chi connectivity index (χ3n) is 7.66. The number of benzene rings is 2. The van der Waals surface area contributed by atoms with Gasteiger partial charge in [0.25, 0.3) is 5.91 Å². The van der Waals surface area contributed by atoms with Gasteiger partial charge in [-0.2, -0.15) is 0 Å². The van der Waals surface area contributed by atoms with Gasteiger partial charge in [0, 0.05) is 43.1 Å². The molecular formula is C35H47N7O7S. The number of nitrogens with zero attached hydrogens (tertiary/aromatic N) is 2. The summed E-state index contributed by atoms with van der Waals surface area (Å²) in [4.78, 5) is 67.6. The Morgan fingerprint density at radius 2 is 1.48 bits per heavy atom. The monoisotopic (exact) mass is 709 g/mol. The number of hydrogen-bond acceptors (Lipinski definition) is 8.